The first-order valence-corrected chi connectivity index (χ1v) is 6.38. The van der Waals surface area contributed by atoms with Gasteiger partial charge in [0.05, 0.1) is 0 Å². The molecule has 0 aromatic carbocycles. The molecule has 0 fully saturated rings. The molecule has 2 rings (SSSR count). The van der Waals surface area contributed by atoms with Crippen molar-refractivity contribution in [3.8, 4) is 5.82 Å². The zero-order valence-electron chi connectivity index (χ0n) is 12.1. The SMILES string of the molecule is CCc1nc(NC)cc(-n2ccc(C(=O)N(C)C)n2)n1. The first-order valence-electron chi connectivity index (χ1n) is 6.38. The summed E-state index contributed by atoms with van der Waals surface area (Å²) in [6.45, 7) is 1.99. The minimum atomic E-state index is -0.137. The largest absolute Gasteiger partial charge is 0.373 e. The predicted octanol–water partition coefficient (Wildman–Crippen LogP) is 0.968. The molecule has 1 N–H and O–H groups in total. The third-order valence-corrected chi connectivity index (χ3v) is 2.78. The van der Waals surface area contributed by atoms with Crippen LogP contribution >= 0.6 is 0 Å². The van der Waals surface area contributed by atoms with Gasteiger partial charge in [-0.3, -0.25) is 4.79 Å². The molecule has 0 spiro atoms. The van der Waals surface area contributed by atoms with Gasteiger partial charge < -0.3 is 10.2 Å². The zero-order valence-corrected chi connectivity index (χ0v) is 12.1. The summed E-state index contributed by atoms with van der Waals surface area (Å²) in [7, 11) is 5.19. The van der Waals surface area contributed by atoms with Gasteiger partial charge >= 0.3 is 0 Å². The van der Waals surface area contributed by atoms with Crippen LogP contribution in [0.1, 0.15) is 23.2 Å². The van der Waals surface area contributed by atoms with Gasteiger partial charge in [0.1, 0.15) is 11.6 Å². The van der Waals surface area contributed by atoms with E-state index >= 15 is 0 Å². The van der Waals surface area contributed by atoms with Crippen molar-refractivity contribution >= 4 is 11.7 Å². The molecule has 0 bridgehead atoms. The van der Waals surface area contributed by atoms with Gasteiger partial charge in [0, 0.05) is 39.8 Å². The molecular weight excluding hydrogens is 256 g/mol. The Bertz CT molecular complexity index is 597. The summed E-state index contributed by atoms with van der Waals surface area (Å²) in [5, 5.41) is 7.25. The van der Waals surface area contributed by atoms with Crippen LogP contribution in [-0.2, 0) is 6.42 Å². The van der Waals surface area contributed by atoms with Gasteiger partial charge in [-0.25, -0.2) is 14.6 Å². The number of hydrogen-bond donors (Lipinski definition) is 1. The number of nitrogens with one attached hydrogen (secondary N) is 1. The highest BCUT2D eigenvalue weighted by molar-refractivity contribution is 5.91. The number of carbonyl (C=O) groups is 1. The second kappa shape index (κ2) is 5.68. The molecule has 1 amide bonds. The van der Waals surface area contributed by atoms with Gasteiger partial charge in [0.15, 0.2) is 11.5 Å². The van der Waals surface area contributed by atoms with Crippen molar-refractivity contribution in [3.05, 3.63) is 29.8 Å². The predicted molar refractivity (Wildman–Crippen MR) is 76.1 cm³/mol. The maximum absolute atomic E-state index is 11.8. The highest BCUT2D eigenvalue weighted by Crippen LogP contribution is 2.11. The average molecular weight is 274 g/mol. The standard InChI is InChI=1S/C13H18N6O/c1-5-10-15-11(14-2)8-12(16-10)19-7-6-9(17-19)13(20)18(3)4/h6-8H,5H2,1-4H3,(H,14,15,16). The van der Waals surface area contributed by atoms with E-state index in [1.54, 1.807) is 44.2 Å². The number of nitrogens with zero attached hydrogens (tertiary/aromatic N) is 5. The topological polar surface area (TPSA) is 75.9 Å². The highest BCUT2D eigenvalue weighted by atomic mass is 16.2. The Balaban J connectivity index is 2.39. The van der Waals surface area contributed by atoms with E-state index in [1.807, 2.05) is 6.92 Å². The van der Waals surface area contributed by atoms with Crippen molar-refractivity contribution in [1.82, 2.24) is 24.6 Å². The van der Waals surface area contributed by atoms with E-state index in [9.17, 15) is 4.79 Å². The van der Waals surface area contributed by atoms with Crippen molar-refractivity contribution in [2.24, 2.45) is 0 Å². The Morgan fingerprint density at radius 3 is 2.75 bits per heavy atom. The molecule has 0 saturated carbocycles. The van der Waals surface area contributed by atoms with E-state index in [1.165, 1.54) is 4.90 Å². The van der Waals surface area contributed by atoms with Crippen LogP contribution in [0.25, 0.3) is 5.82 Å². The molecule has 0 aliphatic heterocycles. The van der Waals surface area contributed by atoms with E-state index in [-0.39, 0.29) is 5.91 Å². The maximum atomic E-state index is 11.8. The van der Waals surface area contributed by atoms with Crippen molar-refractivity contribution in [2.45, 2.75) is 13.3 Å². The summed E-state index contributed by atoms with van der Waals surface area (Å²) in [4.78, 5) is 22.1. The minimum absolute atomic E-state index is 0.137. The number of carbonyl (C=O) groups excluding carboxylic acids is 1. The molecule has 2 aromatic rings. The van der Waals surface area contributed by atoms with Crippen molar-refractivity contribution < 1.29 is 4.79 Å². The van der Waals surface area contributed by atoms with Gasteiger partial charge in [-0.15, -0.1) is 0 Å². The molecule has 0 saturated heterocycles. The second-order valence-corrected chi connectivity index (χ2v) is 4.48. The molecule has 7 nitrogen and oxygen atoms in total. The van der Waals surface area contributed by atoms with E-state index in [2.05, 4.69) is 20.4 Å². The number of hydrogen-bond acceptors (Lipinski definition) is 5. The quantitative estimate of drug-likeness (QED) is 0.899. The van der Waals surface area contributed by atoms with Crippen molar-refractivity contribution in [3.63, 3.8) is 0 Å². The number of amides is 1. The summed E-state index contributed by atoms with van der Waals surface area (Å²) in [6.07, 6.45) is 2.45. The lowest BCUT2D eigenvalue weighted by atomic mass is 10.4. The fourth-order valence-electron chi connectivity index (χ4n) is 1.68. The summed E-state index contributed by atoms with van der Waals surface area (Å²) in [5.41, 5.74) is 0.387. The summed E-state index contributed by atoms with van der Waals surface area (Å²) < 4.78 is 1.58. The highest BCUT2D eigenvalue weighted by Gasteiger charge is 2.13. The van der Waals surface area contributed by atoms with Crippen LogP contribution in [0.2, 0.25) is 0 Å². The first-order chi connectivity index (χ1) is 9.55. The Hall–Kier alpha value is -2.44. The molecule has 2 heterocycles. The molecule has 0 unspecified atom stereocenters. The van der Waals surface area contributed by atoms with E-state index in [0.29, 0.717) is 11.5 Å². The minimum Gasteiger partial charge on any atom is -0.373 e. The molecule has 7 heteroatoms. The average Bonchev–Trinajstić information content (AvgIpc) is 2.95. The van der Waals surface area contributed by atoms with E-state index in [0.717, 1.165) is 18.1 Å². The van der Waals surface area contributed by atoms with Gasteiger partial charge in [-0.05, 0) is 6.07 Å². The van der Waals surface area contributed by atoms with Crippen LogP contribution in [0.15, 0.2) is 18.3 Å². The van der Waals surface area contributed by atoms with Gasteiger partial charge in [0.2, 0.25) is 0 Å². The Morgan fingerprint density at radius 1 is 1.40 bits per heavy atom. The molecule has 0 aliphatic carbocycles. The third kappa shape index (κ3) is 2.76. The molecule has 20 heavy (non-hydrogen) atoms. The van der Waals surface area contributed by atoms with Gasteiger partial charge in [-0.2, -0.15) is 5.10 Å². The Morgan fingerprint density at radius 2 is 2.15 bits per heavy atom. The van der Waals surface area contributed by atoms with Crippen LogP contribution in [0, 0.1) is 0 Å². The number of anilines is 1. The van der Waals surface area contributed by atoms with Crippen LogP contribution in [0.5, 0.6) is 0 Å². The monoisotopic (exact) mass is 274 g/mol. The lowest BCUT2D eigenvalue weighted by Crippen LogP contribution is -2.22. The van der Waals surface area contributed by atoms with E-state index < -0.39 is 0 Å². The summed E-state index contributed by atoms with van der Waals surface area (Å²) in [5.74, 6) is 1.95. The van der Waals surface area contributed by atoms with Crippen molar-refractivity contribution in [1.29, 1.82) is 0 Å². The van der Waals surface area contributed by atoms with Crippen LogP contribution in [0.4, 0.5) is 5.82 Å². The Kier molecular flexibility index (Phi) is 3.97. The molecule has 0 aliphatic rings. The number of aryl methyl sites for hydroxylation is 1. The van der Waals surface area contributed by atoms with Crippen molar-refractivity contribution in [2.75, 3.05) is 26.5 Å². The molecule has 2 aromatic heterocycles. The smallest absolute Gasteiger partial charge is 0.273 e. The fourth-order valence-corrected chi connectivity index (χ4v) is 1.68. The normalized spacial score (nSPS) is 10.4. The van der Waals surface area contributed by atoms with Gasteiger partial charge in [0.25, 0.3) is 5.91 Å². The van der Waals surface area contributed by atoms with Gasteiger partial charge in [-0.1, -0.05) is 6.92 Å². The Labute approximate surface area is 117 Å². The lowest BCUT2D eigenvalue weighted by Gasteiger charge is -2.08. The zero-order chi connectivity index (χ0) is 14.7. The molecule has 106 valence electrons. The molecule has 0 atom stereocenters. The number of rotatable bonds is 4. The number of aromatic nitrogens is 4. The summed E-state index contributed by atoms with van der Waals surface area (Å²) in [6, 6.07) is 3.46. The molecule has 0 radical (unpaired) electrons. The van der Waals surface area contributed by atoms with Crippen LogP contribution < -0.4 is 5.32 Å². The van der Waals surface area contributed by atoms with Crippen LogP contribution in [0.3, 0.4) is 0 Å². The second-order valence-electron chi connectivity index (χ2n) is 4.48. The lowest BCUT2D eigenvalue weighted by molar-refractivity contribution is 0.0821. The molecular formula is C13H18N6O. The summed E-state index contributed by atoms with van der Waals surface area (Å²) >= 11 is 0. The fraction of sp³-hybridized carbons (Fsp3) is 0.385. The maximum Gasteiger partial charge on any atom is 0.273 e. The first kappa shape index (κ1) is 14.0. The third-order valence-electron chi connectivity index (χ3n) is 2.78. The van der Waals surface area contributed by atoms with E-state index in [4.69, 9.17) is 0 Å². The van der Waals surface area contributed by atoms with Crippen LogP contribution in [-0.4, -0.2) is 51.7 Å².